The average Bonchev–Trinajstić information content (AvgIpc) is 3.04. The number of carbonyl (C=O) groups excluding carboxylic acids is 2. The van der Waals surface area contributed by atoms with E-state index in [0.717, 1.165) is 31.2 Å². The van der Waals surface area contributed by atoms with Gasteiger partial charge in [-0.15, -0.1) is 0 Å². The number of likely N-dealkylation sites (N-methyl/N-ethyl adjacent to an activating group) is 1. The molecule has 2 fully saturated rings. The van der Waals surface area contributed by atoms with E-state index < -0.39 is 0 Å². The number of anilines is 2. The first kappa shape index (κ1) is 19.7. The summed E-state index contributed by atoms with van der Waals surface area (Å²) in [6.07, 6.45) is 2.76. The molecule has 0 radical (unpaired) electrons. The third-order valence-corrected chi connectivity index (χ3v) is 5.66. The van der Waals surface area contributed by atoms with Gasteiger partial charge in [0, 0.05) is 50.5 Å². The van der Waals surface area contributed by atoms with Crippen LogP contribution in [0.5, 0.6) is 0 Å². The Bertz CT molecular complexity index is 651. The number of piperidine rings is 1. The van der Waals surface area contributed by atoms with E-state index in [1.165, 1.54) is 18.5 Å². The minimum Gasteiger partial charge on any atom is -0.372 e. The van der Waals surface area contributed by atoms with Crippen molar-refractivity contribution in [2.45, 2.75) is 26.2 Å². The summed E-state index contributed by atoms with van der Waals surface area (Å²) in [6, 6.07) is 8.22. The Hall–Kier alpha value is -2.08. The van der Waals surface area contributed by atoms with Crippen molar-refractivity contribution in [2.24, 2.45) is 11.8 Å². The summed E-state index contributed by atoms with van der Waals surface area (Å²) in [5, 5.41) is 2.94. The van der Waals surface area contributed by atoms with E-state index in [0.29, 0.717) is 19.5 Å². The molecule has 6 nitrogen and oxygen atoms in total. The molecule has 2 saturated heterocycles. The lowest BCUT2D eigenvalue weighted by atomic mass is 9.99. The van der Waals surface area contributed by atoms with Gasteiger partial charge in [-0.2, -0.15) is 0 Å². The maximum Gasteiger partial charge on any atom is 0.227 e. The van der Waals surface area contributed by atoms with Crippen molar-refractivity contribution in [1.29, 1.82) is 0 Å². The highest BCUT2D eigenvalue weighted by molar-refractivity contribution is 6.00. The molecule has 1 aromatic carbocycles. The molecule has 0 saturated carbocycles. The van der Waals surface area contributed by atoms with E-state index >= 15 is 0 Å². The van der Waals surface area contributed by atoms with Gasteiger partial charge in [0.05, 0.1) is 5.92 Å². The summed E-state index contributed by atoms with van der Waals surface area (Å²) in [5.74, 6) is 0.556. The zero-order valence-electron chi connectivity index (χ0n) is 16.8. The first-order chi connectivity index (χ1) is 12.9. The average molecular weight is 373 g/mol. The van der Waals surface area contributed by atoms with Crippen molar-refractivity contribution in [3.8, 4) is 0 Å². The maximum atomic E-state index is 12.4. The Balaban J connectivity index is 1.56. The second kappa shape index (κ2) is 8.74. The molecular formula is C21H32N4O2. The monoisotopic (exact) mass is 372 g/mol. The molecule has 0 aromatic heterocycles. The first-order valence-electron chi connectivity index (χ1n) is 10.0. The largest absolute Gasteiger partial charge is 0.372 e. The van der Waals surface area contributed by atoms with Gasteiger partial charge < -0.3 is 20.0 Å². The highest BCUT2D eigenvalue weighted by atomic mass is 16.2. The van der Waals surface area contributed by atoms with Crippen molar-refractivity contribution >= 4 is 23.2 Å². The Morgan fingerprint density at radius 3 is 2.41 bits per heavy atom. The molecule has 27 heavy (non-hydrogen) atoms. The Morgan fingerprint density at radius 2 is 1.78 bits per heavy atom. The van der Waals surface area contributed by atoms with Gasteiger partial charge in [0.1, 0.15) is 0 Å². The lowest BCUT2D eigenvalue weighted by molar-refractivity contribution is -0.126. The minimum absolute atomic E-state index is 0.0215. The van der Waals surface area contributed by atoms with Crippen LogP contribution in [0.25, 0.3) is 0 Å². The van der Waals surface area contributed by atoms with Crippen LogP contribution in [0.15, 0.2) is 24.3 Å². The van der Waals surface area contributed by atoms with Gasteiger partial charge in [-0.1, -0.05) is 6.92 Å². The molecule has 1 aromatic rings. The van der Waals surface area contributed by atoms with Gasteiger partial charge in [-0.3, -0.25) is 9.59 Å². The fourth-order valence-electron chi connectivity index (χ4n) is 3.79. The van der Waals surface area contributed by atoms with Gasteiger partial charge in [-0.05, 0) is 57.1 Å². The number of carbonyl (C=O) groups is 2. The van der Waals surface area contributed by atoms with Crippen LogP contribution >= 0.6 is 0 Å². The van der Waals surface area contributed by atoms with E-state index in [2.05, 4.69) is 29.3 Å². The third kappa shape index (κ3) is 5.01. The highest BCUT2D eigenvalue weighted by Gasteiger charge is 2.35. The van der Waals surface area contributed by atoms with Crippen LogP contribution in [0, 0.1) is 11.8 Å². The topological polar surface area (TPSA) is 55.9 Å². The fraction of sp³-hybridized carbons (Fsp3) is 0.619. The number of amides is 2. The van der Waals surface area contributed by atoms with E-state index in [-0.39, 0.29) is 17.7 Å². The number of hydrogen-bond acceptors (Lipinski definition) is 4. The molecule has 0 aliphatic carbocycles. The van der Waals surface area contributed by atoms with E-state index in [1.807, 2.05) is 31.1 Å². The maximum absolute atomic E-state index is 12.4. The molecule has 148 valence electrons. The molecule has 1 N–H and O–H groups in total. The molecule has 2 aliphatic rings. The Labute approximate surface area is 162 Å². The van der Waals surface area contributed by atoms with Crippen LogP contribution in [0.2, 0.25) is 0 Å². The smallest absolute Gasteiger partial charge is 0.227 e. The van der Waals surface area contributed by atoms with Gasteiger partial charge >= 0.3 is 0 Å². The highest BCUT2D eigenvalue weighted by Crippen LogP contribution is 2.29. The normalized spacial score (nSPS) is 21.2. The number of nitrogens with zero attached hydrogens (tertiary/aromatic N) is 3. The molecule has 3 rings (SSSR count). The zero-order chi connectivity index (χ0) is 19.4. The van der Waals surface area contributed by atoms with Gasteiger partial charge in [-0.25, -0.2) is 0 Å². The van der Waals surface area contributed by atoms with Crippen LogP contribution in [-0.2, 0) is 9.59 Å². The number of benzene rings is 1. The summed E-state index contributed by atoms with van der Waals surface area (Å²) in [6.45, 7) is 6.38. The molecule has 0 spiro atoms. The van der Waals surface area contributed by atoms with Crippen molar-refractivity contribution in [3.05, 3.63) is 24.3 Å². The third-order valence-electron chi connectivity index (χ3n) is 5.66. The van der Waals surface area contributed by atoms with Crippen LogP contribution in [0.4, 0.5) is 11.4 Å². The van der Waals surface area contributed by atoms with Crippen LogP contribution < -0.4 is 15.1 Å². The molecule has 2 amide bonds. The molecular weight excluding hydrogens is 340 g/mol. The van der Waals surface area contributed by atoms with Crippen molar-refractivity contribution < 1.29 is 9.59 Å². The van der Waals surface area contributed by atoms with E-state index in [4.69, 9.17) is 0 Å². The molecule has 1 unspecified atom stereocenters. The fourth-order valence-corrected chi connectivity index (χ4v) is 3.79. The second-order valence-corrected chi connectivity index (χ2v) is 8.19. The minimum atomic E-state index is -0.261. The molecule has 2 heterocycles. The zero-order valence-corrected chi connectivity index (χ0v) is 16.8. The molecule has 0 bridgehead atoms. The summed E-state index contributed by atoms with van der Waals surface area (Å²) in [7, 11) is 3.95. The first-order valence-corrected chi connectivity index (χ1v) is 10.0. The summed E-state index contributed by atoms with van der Waals surface area (Å²) in [5.41, 5.74) is 2.10. The summed E-state index contributed by atoms with van der Waals surface area (Å²) >= 11 is 0. The predicted molar refractivity (Wildman–Crippen MR) is 109 cm³/mol. The Morgan fingerprint density at radius 1 is 1.15 bits per heavy atom. The predicted octanol–water partition coefficient (Wildman–Crippen LogP) is 1.95. The van der Waals surface area contributed by atoms with Crippen molar-refractivity contribution in [2.75, 3.05) is 56.6 Å². The van der Waals surface area contributed by atoms with E-state index in [9.17, 15) is 9.59 Å². The van der Waals surface area contributed by atoms with Gasteiger partial charge in [0.2, 0.25) is 11.8 Å². The standard InChI is InChI=1S/C21H32N4O2/c1-16-8-11-24(12-9-16)18-4-6-19(7-5-18)25-15-17(14-20(25)26)21(27)22-10-13-23(2)3/h4-7,16-17H,8-15H2,1-3H3,(H,22,27). The molecule has 1 atom stereocenters. The quantitative estimate of drug-likeness (QED) is 0.829. The SMILES string of the molecule is CC1CCN(c2ccc(N3CC(C(=O)NCCN(C)C)CC3=O)cc2)CC1. The summed E-state index contributed by atoms with van der Waals surface area (Å²) in [4.78, 5) is 30.9. The molecule has 2 aliphatic heterocycles. The van der Waals surface area contributed by atoms with Gasteiger partial charge in [0.15, 0.2) is 0 Å². The second-order valence-electron chi connectivity index (χ2n) is 8.19. The van der Waals surface area contributed by atoms with Crippen molar-refractivity contribution in [3.63, 3.8) is 0 Å². The number of hydrogen-bond donors (Lipinski definition) is 1. The van der Waals surface area contributed by atoms with Crippen LogP contribution in [0.1, 0.15) is 26.2 Å². The molecule has 6 heteroatoms. The number of rotatable bonds is 6. The Kier molecular flexibility index (Phi) is 6.37. The number of nitrogens with one attached hydrogen (secondary N) is 1. The van der Waals surface area contributed by atoms with Gasteiger partial charge in [0.25, 0.3) is 0 Å². The lowest BCUT2D eigenvalue weighted by Crippen LogP contribution is -2.36. The van der Waals surface area contributed by atoms with Crippen LogP contribution in [-0.4, -0.2) is 63.5 Å². The lowest BCUT2D eigenvalue weighted by Gasteiger charge is -2.32. The van der Waals surface area contributed by atoms with E-state index in [1.54, 1.807) is 4.90 Å². The van der Waals surface area contributed by atoms with Crippen LogP contribution in [0.3, 0.4) is 0 Å². The summed E-state index contributed by atoms with van der Waals surface area (Å²) < 4.78 is 0. The van der Waals surface area contributed by atoms with Crippen molar-refractivity contribution in [1.82, 2.24) is 10.2 Å².